The van der Waals surface area contributed by atoms with Crippen LogP contribution in [-0.4, -0.2) is 37.9 Å². The molecule has 0 fully saturated rings. The van der Waals surface area contributed by atoms with Gasteiger partial charge in [-0.2, -0.15) is 0 Å². The van der Waals surface area contributed by atoms with Crippen LogP contribution in [0, 0.1) is 0 Å². The number of amides is 3. The first-order valence-electron chi connectivity index (χ1n) is 6.14. The second-order valence-electron chi connectivity index (χ2n) is 4.08. The van der Waals surface area contributed by atoms with E-state index in [1.54, 1.807) is 24.3 Å². The molecule has 0 saturated carbocycles. The van der Waals surface area contributed by atoms with Crippen LogP contribution < -0.4 is 21.7 Å². The van der Waals surface area contributed by atoms with Crippen LogP contribution in [0.15, 0.2) is 24.3 Å². The summed E-state index contributed by atoms with van der Waals surface area (Å²) >= 11 is 0. The molecule has 0 aliphatic carbocycles. The van der Waals surface area contributed by atoms with Crippen LogP contribution in [0.4, 0.5) is 5.69 Å². The Morgan fingerprint density at radius 2 is 1.70 bits per heavy atom. The predicted molar refractivity (Wildman–Crippen MR) is 74.9 cm³/mol. The number of hydrogen-bond donors (Lipinski definition) is 4. The molecule has 3 amide bonds. The van der Waals surface area contributed by atoms with Gasteiger partial charge in [-0.25, -0.2) is 0 Å². The summed E-state index contributed by atoms with van der Waals surface area (Å²) in [5, 5.41) is 7.45. The van der Waals surface area contributed by atoms with Gasteiger partial charge in [0.15, 0.2) is 0 Å². The Morgan fingerprint density at radius 1 is 1.05 bits per heavy atom. The third-order valence-electron chi connectivity index (χ3n) is 2.54. The van der Waals surface area contributed by atoms with Crippen molar-refractivity contribution in [1.82, 2.24) is 16.0 Å². The fourth-order valence-corrected chi connectivity index (χ4v) is 1.40. The zero-order valence-corrected chi connectivity index (χ0v) is 11.2. The number of rotatable bonds is 6. The van der Waals surface area contributed by atoms with Crippen LogP contribution in [0.2, 0.25) is 0 Å². The Bertz CT molecular complexity index is 485. The van der Waals surface area contributed by atoms with E-state index in [1.165, 1.54) is 7.05 Å². The van der Waals surface area contributed by atoms with Crippen molar-refractivity contribution in [3.63, 3.8) is 0 Å². The van der Waals surface area contributed by atoms with E-state index in [2.05, 4.69) is 16.0 Å². The molecule has 1 rings (SSSR count). The summed E-state index contributed by atoms with van der Waals surface area (Å²) in [7, 11) is 1.52. The normalized spacial score (nSPS) is 9.65. The number of anilines is 1. The van der Waals surface area contributed by atoms with Gasteiger partial charge in [0.2, 0.25) is 11.8 Å². The van der Waals surface area contributed by atoms with E-state index >= 15 is 0 Å². The largest absolute Gasteiger partial charge is 0.399 e. The smallest absolute Gasteiger partial charge is 0.251 e. The molecule has 1 aromatic rings. The van der Waals surface area contributed by atoms with Gasteiger partial charge in [-0.3, -0.25) is 14.4 Å². The zero-order valence-electron chi connectivity index (χ0n) is 11.2. The minimum atomic E-state index is -0.355. The second-order valence-corrected chi connectivity index (χ2v) is 4.08. The molecule has 108 valence electrons. The first-order valence-corrected chi connectivity index (χ1v) is 6.14. The molecule has 0 radical (unpaired) electrons. The third kappa shape index (κ3) is 5.38. The van der Waals surface area contributed by atoms with Gasteiger partial charge in [0.05, 0.1) is 6.54 Å². The summed E-state index contributed by atoms with van der Waals surface area (Å²) in [6.07, 6.45) is 0.203. The van der Waals surface area contributed by atoms with Gasteiger partial charge < -0.3 is 21.7 Å². The first-order chi connectivity index (χ1) is 9.52. The highest BCUT2D eigenvalue weighted by atomic mass is 16.2. The highest BCUT2D eigenvalue weighted by molar-refractivity contribution is 5.96. The van der Waals surface area contributed by atoms with E-state index < -0.39 is 0 Å². The molecule has 7 heteroatoms. The molecule has 1 aromatic carbocycles. The molecule has 0 unspecified atom stereocenters. The van der Waals surface area contributed by atoms with Crippen molar-refractivity contribution >= 4 is 23.4 Å². The van der Waals surface area contributed by atoms with Crippen molar-refractivity contribution < 1.29 is 14.4 Å². The summed E-state index contributed by atoms with van der Waals surface area (Å²) in [5.41, 5.74) is 6.50. The number of carbonyl (C=O) groups is 3. The third-order valence-corrected chi connectivity index (χ3v) is 2.54. The van der Waals surface area contributed by atoms with Crippen LogP contribution in [0.5, 0.6) is 0 Å². The number of nitrogens with two attached hydrogens (primary N) is 1. The average Bonchev–Trinajstić information content (AvgIpc) is 2.45. The van der Waals surface area contributed by atoms with Crippen LogP contribution in [0.1, 0.15) is 16.8 Å². The lowest BCUT2D eigenvalue weighted by molar-refractivity contribution is -0.121. The van der Waals surface area contributed by atoms with Gasteiger partial charge in [-0.1, -0.05) is 0 Å². The molecule has 0 bridgehead atoms. The van der Waals surface area contributed by atoms with Crippen molar-refractivity contribution in [2.24, 2.45) is 0 Å². The fourth-order valence-electron chi connectivity index (χ4n) is 1.40. The summed E-state index contributed by atoms with van der Waals surface area (Å²) in [5.74, 6) is -0.861. The molecule has 7 nitrogen and oxygen atoms in total. The Kier molecular flexibility index (Phi) is 6.02. The van der Waals surface area contributed by atoms with Gasteiger partial charge in [0.1, 0.15) is 0 Å². The van der Waals surface area contributed by atoms with Gasteiger partial charge in [-0.05, 0) is 24.3 Å². The van der Waals surface area contributed by atoms with E-state index in [1.807, 2.05) is 0 Å². The molecule has 20 heavy (non-hydrogen) atoms. The maximum absolute atomic E-state index is 11.7. The molecule has 5 N–H and O–H groups in total. The summed E-state index contributed by atoms with van der Waals surface area (Å²) < 4.78 is 0. The van der Waals surface area contributed by atoms with E-state index in [9.17, 15) is 14.4 Å². The van der Waals surface area contributed by atoms with Crippen molar-refractivity contribution in [2.45, 2.75) is 6.42 Å². The monoisotopic (exact) mass is 278 g/mol. The summed E-state index contributed by atoms with van der Waals surface area (Å²) in [6, 6.07) is 6.37. The summed E-state index contributed by atoms with van der Waals surface area (Å²) in [4.78, 5) is 34.0. The standard InChI is InChI=1S/C13H18N4O3/c1-15-11(18)6-7-16-12(19)8-17-13(20)9-2-4-10(14)5-3-9/h2-5H,6-8,14H2,1H3,(H,15,18)(H,16,19)(H,17,20). The molecular formula is C13H18N4O3. The minimum absolute atomic E-state index is 0.142. The quantitative estimate of drug-likeness (QED) is 0.513. The highest BCUT2D eigenvalue weighted by Gasteiger charge is 2.07. The molecule has 0 saturated heterocycles. The molecule has 0 heterocycles. The average molecular weight is 278 g/mol. The fraction of sp³-hybridized carbons (Fsp3) is 0.308. The number of nitrogen functional groups attached to an aromatic ring is 1. The zero-order chi connectivity index (χ0) is 15.0. The van der Waals surface area contributed by atoms with E-state index in [0.717, 1.165) is 0 Å². The van der Waals surface area contributed by atoms with E-state index in [0.29, 0.717) is 11.3 Å². The molecule has 0 aliphatic heterocycles. The van der Waals surface area contributed by atoms with Crippen molar-refractivity contribution in [2.75, 3.05) is 25.9 Å². The maximum Gasteiger partial charge on any atom is 0.251 e. The van der Waals surface area contributed by atoms with Crippen molar-refractivity contribution in [3.05, 3.63) is 29.8 Å². The number of carbonyl (C=O) groups excluding carboxylic acids is 3. The minimum Gasteiger partial charge on any atom is -0.399 e. The van der Waals surface area contributed by atoms with Gasteiger partial charge in [0, 0.05) is 31.3 Å². The molecule has 0 aliphatic rings. The Labute approximate surface area is 116 Å². The van der Waals surface area contributed by atoms with Crippen LogP contribution >= 0.6 is 0 Å². The lowest BCUT2D eigenvalue weighted by Crippen LogP contribution is -2.38. The Hall–Kier alpha value is -2.57. The molecule has 0 atom stereocenters. The topological polar surface area (TPSA) is 113 Å². The lowest BCUT2D eigenvalue weighted by atomic mass is 10.2. The van der Waals surface area contributed by atoms with Gasteiger partial charge in [-0.15, -0.1) is 0 Å². The second kappa shape index (κ2) is 7.78. The van der Waals surface area contributed by atoms with Crippen LogP contribution in [-0.2, 0) is 9.59 Å². The molecule has 0 spiro atoms. The van der Waals surface area contributed by atoms with Crippen LogP contribution in [0.3, 0.4) is 0 Å². The molecular weight excluding hydrogens is 260 g/mol. The molecule has 0 aromatic heterocycles. The number of benzene rings is 1. The maximum atomic E-state index is 11.7. The lowest BCUT2D eigenvalue weighted by Gasteiger charge is -2.07. The van der Waals surface area contributed by atoms with E-state index in [-0.39, 0.29) is 37.2 Å². The van der Waals surface area contributed by atoms with Crippen molar-refractivity contribution in [3.8, 4) is 0 Å². The highest BCUT2D eigenvalue weighted by Crippen LogP contribution is 2.04. The number of hydrogen-bond acceptors (Lipinski definition) is 4. The van der Waals surface area contributed by atoms with Gasteiger partial charge >= 0.3 is 0 Å². The summed E-state index contributed by atoms with van der Waals surface area (Å²) in [6.45, 7) is 0.0905. The Morgan fingerprint density at radius 3 is 2.30 bits per heavy atom. The van der Waals surface area contributed by atoms with Crippen molar-refractivity contribution in [1.29, 1.82) is 0 Å². The SMILES string of the molecule is CNC(=O)CCNC(=O)CNC(=O)c1ccc(N)cc1. The van der Waals surface area contributed by atoms with Crippen LogP contribution in [0.25, 0.3) is 0 Å². The van der Waals surface area contributed by atoms with Gasteiger partial charge in [0.25, 0.3) is 5.91 Å². The first kappa shape index (κ1) is 15.5. The van der Waals surface area contributed by atoms with E-state index in [4.69, 9.17) is 5.73 Å². The number of nitrogens with one attached hydrogen (secondary N) is 3. The predicted octanol–water partition coefficient (Wildman–Crippen LogP) is -0.749. The Balaban J connectivity index is 2.28.